The number of carbonyl (C=O) groups excluding carboxylic acids is 1. The van der Waals surface area contributed by atoms with E-state index >= 15 is 0 Å². The second kappa shape index (κ2) is 8.43. The van der Waals surface area contributed by atoms with Crippen LogP contribution in [0.5, 0.6) is 5.75 Å². The van der Waals surface area contributed by atoms with E-state index in [4.69, 9.17) is 14.2 Å². The van der Waals surface area contributed by atoms with Gasteiger partial charge in [-0.05, 0) is 26.8 Å². The quantitative estimate of drug-likeness (QED) is 0.532. The molecule has 26 heavy (non-hydrogen) atoms. The minimum atomic E-state index is -1.07. The van der Waals surface area contributed by atoms with Gasteiger partial charge in [0, 0.05) is 27.6 Å². The molecule has 0 spiro atoms. The zero-order chi connectivity index (χ0) is 19.4. The Balaban J connectivity index is 1.73. The fraction of sp³-hybridized carbons (Fsp3) is 0.778. The summed E-state index contributed by atoms with van der Waals surface area (Å²) in [7, 11) is -1.07. The fourth-order valence-electron chi connectivity index (χ4n) is 2.52. The van der Waals surface area contributed by atoms with Crippen LogP contribution in [0.4, 0.5) is 4.79 Å². The zero-order valence-electron chi connectivity index (χ0n) is 16.9. The van der Waals surface area contributed by atoms with Crippen molar-refractivity contribution in [2.45, 2.75) is 71.3 Å². The third kappa shape index (κ3) is 7.37. The molecule has 1 saturated heterocycles. The van der Waals surface area contributed by atoms with Crippen molar-refractivity contribution in [3.63, 3.8) is 0 Å². The van der Waals surface area contributed by atoms with Crippen molar-refractivity contribution in [2.75, 3.05) is 19.7 Å². The van der Waals surface area contributed by atoms with Crippen LogP contribution in [-0.4, -0.2) is 60.2 Å². The molecule has 1 amide bonds. The number of amides is 1. The van der Waals surface area contributed by atoms with Gasteiger partial charge in [0.2, 0.25) is 0 Å². The highest BCUT2D eigenvalue weighted by molar-refractivity contribution is 6.76. The van der Waals surface area contributed by atoms with Crippen LogP contribution in [0.1, 0.15) is 27.2 Å². The molecule has 1 fully saturated rings. The van der Waals surface area contributed by atoms with Crippen LogP contribution in [0.15, 0.2) is 12.4 Å². The van der Waals surface area contributed by atoms with E-state index in [0.29, 0.717) is 25.6 Å². The molecule has 2 rings (SSSR count). The lowest BCUT2D eigenvalue weighted by molar-refractivity contribution is 0.0275. The van der Waals surface area contributed by atoms with Crippen molar-refractivity contribution in [2.24, 2.45) is 0 Å². The zero-order valence-corrected chi connectivity index (χ0v) is 17.9. The summed E-state index contributed by atoms with van der Waals surface area (Å²) in [4.78, 5) is 13.8. The van der Waals surface area contributed by atoms with E-state index in [1.807, 2.05) is 27.0 Å². The van der Waals surface area contributed by atoms with Crippen molar-refractivity contribution in [1.29, 1.82) is 0 Å². The van der Waals surface area contributed by atoms with Gasteiger partial charge in [0.25, 0.3) is 0 Å². The molecule has 0 bridgehead atoms. The lowest BCUT2D eigenvalue weighted by Gasteiger charge is -2.24. The van der Waals surface area contributed by atoms with Gasteiger partial charge in [0.15, 0.2) is 5.75 Å². The van der Waals surface area contributed by atoms with Crippen LogP contribution in [0, 0.1) is 0 Å². The predicted molar refractivity (Wildman–Crippen MR) is 103 cm³/mol. The summed E-state index contributed by atoms with van der Waals surface area (Å²) in [6, 6.07) is 1.14. The van der Waals surface area contributed by atoms with Gasteiger partial charge in [-0.3, -0.25) is 0 Å². The van der Waals surface area contributed by atoms with Gasteiger partial charge in [-0.15, -0.1) is 0 Å². The Hall–Kier alpha value is -1.54. The number of nitrogens with zero attached hydrogens (tertiary/aromatic N) is 3. The Bertz CT molecular complexity index is 592. The second-order valence-corrected chi connectivity index (χ2v) is 14.6. The van der Waals surface area contributed by atoms with Crippen molar-refractivity contribution in [1.82, 2.24) is 14.7 Å². The Labute approximate surface area is 157 Å². The maximum absolute atomic E-state index is 12.1. The van der Waals surface area contributed by atoms with Crippen LogP contribution >= 0.6 is 0 Å². The standard InChI is InChI=1S/C18H33N3O4Si/c1-18(2,3)25-17(22)20-8-7-15(12-20)24-16-11-19-21(13-16)14-23-9-10-26(4,5)6/h11,13,15H,7-10,12,14H2,1-6H3. The first-order valence-electron chi connectivity index (χ1n) is 9.27. The summed E-state index contributed by atoms with van der Waals surface area (Å²) in [6.07, 6.45) is 4.00. The number of hydrogen-bond acceptors (Lipinski definition) is 5. The first-order chi connectivity index (χ1) is 12.0. The average molecular weight is 384 g/mol. The minimum Gasteiger partial charge on any atom is -0.485 e. The first kappa shape index (κ1) is 20.8. The maximum atomic E-state index is 12.1. The lowest BCUT2D eigenvalue weighted by Crippen LogP contribution is -2.36. The molecule has 1 atom stereocenters. The van der Waals surface area contributed by atoms with Crippen LogP contribution in [-0.2, 0) is 16.2 Å². The normalized spacial score (nSPS) is 18.2. The third-order valence-corrected chi connectivity index (χ3v) is 5.63. The van der Waals surface area contributed by atoms with E-state index in [1.54, 1.807) is 15.8 Å². The third-order valence-electron chi connectivity index (χ3n) is 3.93. The maximum Gasteiger partial charge on any atom is 0.410 e. The summed E-state index contributed by atoms with van der Waals surface area (Å²) < 4.78 is 18.8. The molecule has 0 aliphatic carbocycles. The molecule has 1 aliphatic heterocycles. The summed E-state index contributed by atoms with van der Waals surface area (Å²) in [6.45, 7) is 15.0. The van der Waals surface area contributed by atoms with E-state index in [0.717, 1.165) is 19.1 Å². The summed E-state index contributed by atoms with van der Waals surface area (Å²) in [5, 5.41) is 4.27. The molecule has 1 aromatic heterocycles. The van der Waals surface area contributed by atoms with Gasteiger partial charge in [-0.25, -0.2) is 9.48 Å². The van der Waals surface area contributed by atoms with Crippen molar-refractivity contribution < 1.29 is 19.0 Å². The minimum absolute atomic E-state index is 0.0343. The number of likely N-dealkylation sites (tertiary alicyclic amines) is 1. The lowest BCUT2D eigenvalue weighted by atomic mass is 10.2. The Morgan fingerprint density at radius 3 is 2.73 bits per heavy atom. The van der Waals surface area contributed by atoms with E-state index in [1.165, 1.54) is 0 Å². The Morgan fingerprint density at radius 1 is 1.35 bits per heavy atom. The molecule has 1 aromatic rings. The molecule has 7 nitrogen and oxygen atoms in total. The summed E-state index contributed by atoms with van der Waals surface area (Å²) in [5.41, 5.74) is -0.480. The largest absolute Gasteiger partial charge is 0.485 e. The Kier molecular flexibility index (Phi) is 6.73. The molecular weight excluding hydrogens is 350 g/mol. The summed E-state index contributed by atoms with van der Waals surface area (Å²) in [5.74, 6) is 0.704. The van der Waals surface area contributed by atoms with E-state index < -0.39 is 13.7 Å². The van der Waals surface area contributed by atoms with Crippen molar-refractivity contribution in [3.8, 4) is 5.75 Å². The van der Waals surface area contributed by atoms with Gasteiger partial charge in [-0.2, -0.15) is 5.10 Å². The van der Waals surface area contributed by atoms with Gasteiger partial charge in [-0.1, -0.05) is 19.6 Å². The van der Waals surface area contributed by atoms with Crippen LogP contribution in [0.3, 0.4) is 0 Å². The molecule has 0 aromatic carbocycles. The van der Waals surface area contributed by atoms with Gasteiger partial charge in [0.1, 0.15) is 18.4 Å². The van der Waals surface area contributed by atoms with Gasteiger partial charge in [0.05, 0.1) is 18.9 Å². The Morgan fingerprint density at radius 2 is 2.08 bits per heavy atom. The molecule has 1 aliphatic rings. The highest BCUT2D eigenvalue weighted by Crippen LogP contribution is 2.20. The van der Waals surface area contributed by atoms with Crippen molar-refractivity contribution >= 4 is 14.2 Å². The fourth-order valence-corrected chi connectivity index (χ4v) is 3.28. The molecule has 0 saturated carbocycles. The number of hydrogen-bond donors (Lipinski definition) is 0. The van der Waals surface area contributed by atoms with Gasteiger partial charge >= 0.3 is 6.09 Å². The number of aromatic nitrogens is 2. The SMILES string of the molecule is CC(C)(C)OC(=O)N1CCC(Oc2cnn(COCC[Si](C)(C)C)c2)C1. The van der Waals surface area contributed by atoms with Gasteiger partial charge < -0.3 is 19.1 Å². The summed E-state index contributed by atoms with van der Waals surface area (Å²) >= 11 is 0. The smallest absolute Gasteiger partial charge is 0.410 e. The van der Waals surface area contributed by atoms with Crippen LogP contribution in [0.2, 0.25) is 25.7 Å². The highest BCUT2D eigenvalue weighted by Gasteiger charge is 2.31. The molecule has 8 heteroatoms. The van der Waals surface area contributed by atoms with Crippen LogP contribution in [0.25, 0.3) is 0 Å². The number of rotatable bonds is 7. The van der Waals surface area contributed by atoms with Crippen LogP contribution < -0.4 is 4.74 Å². The molecular formula is C18H33N3O4Si. The van der Waals surface area contributed by atoms with E-state index in [2.05, 4.69) is 24.7 Å². The molecule has 0 N–H and O–H groups in total. The number of ether oxygens (including phenoxy) is 3. The first-order valence-corrected chi connectivity index (χ1v) is 13.0. The van der Waals surface area contributed by atoms with Crippen molar-refractivity contribution in [3.05, 3.63) is 12.4 Å². The van der Waals surface area contributed by atoms with E-state index in [9.17, 15) is 4.79 Å². The average Bonchev–Trinajstić information content (AvgIpc) is 3.11. The number of carbonyl (C=O) groups is 1. The highest BCUT2D eigenvalue weighted by atomic mass is 28.3. The predicted octanol–water partition coefficient (Wildman–Crippen LogP) is 3.58. The molecule has 148 valence electrons. The molecule has 1 unspecified atom stereocenters. The molecule has 2 heterocycles. The second-order valence-electron chi connectivity index (χ2n) is 9.02. The monoisotopic (exact) mass is 383 g/mol. The van der Waals surface area contributed by atoms with E-state index in [-0.39, 0.29) is 12.2 Å². The molecule has 0 radical (unpaired) electrons. The topological polar surface area (TPSA) is 65.8 Å².